The van der Waals surface area contributed by atoms with Crippen LogP contribution in [0, 0.1) is 5.92 Å². The smallest absolute Gasteiger partial charge is 0.240 e. The van der Waals surface area contributed by atoms with E-state index in [2.05, 4.69) is 63.7 Å². The molecule has 0 saturated carbocycles. The number of aromatic amines is 1. The lowest BCUT2D eigenvalue weighted by Gasteiger charge is -2.35. The first-order chi connectivity index (χ1) is 13.7. The molecule has 0 bridgehead atoms. The number of fused-ring (bicyclic) bond motifs is 1. The highest BCUT2D eigenvalue weighted by Crippen LogP contribution is 2.23. The van der Waals surface area contributed by atoms with Crippen molar-refractivity contribution in [2.75, 3.05) is 20.1 Å². The van der Waals surface area contributed by atoms with Gasteiger partial charge in [0.05, 0.1) is 6.04 Å². The van der Waals surface area contributed by atoms with Crippen LogP contribution in [-0.4, -0.2) is 42.0 Å². The number of hydrogen-bond acceptors (Lipinski definition) is 2. The number of hydrogen-bond donors (Lipinski definition) is 2. The predicted octanol–water partition coefficient (Wildman–Crippen LogP) is 3.78. The molecule has 0 radical (unpaired) electrons. The fourth-order valence-electron chi connectivity index (χ4n) is 4.43. The normalized spacial score (nSPS) is 18.3. The minimum atomic E-state index is -0.185. The molecular formula is C24H29N3O. The molecule has 3 aromatic rings. The Bertz CT molecular complexity index is 918. The van der Waals surface area contributed by atoms with Gasteiger partial charge in [-0.1, -0.05) is 48.5 Å². The minimum absolute atomic E-state index is 0.185. The highest BCUT2D eigenvalue weighted by molar-refractivity contribution is 5.86. The van der Waals surface area contributed by atoms with Gasteiger partial charge in [0.15, 0.2) is 0 Å². The highest BCUT2D eigenvalue weighted by Gasteiger charge is 2.28. The molecular weight excluding hydrogens is 346 g/mol. The molecule has 4 nitrogen and oxygen atoms in total. The van der Waals surface area contributed by atoms with Crippen LogP contribution in [0.2, 0.25) is 0 Å². The summed E-state index contributed by atoms with van der Waals surface area (Å²) in [5, 5.41) is 4.47. The minimum Gasteiger partial charge on any atom is -0.361 e. The summed E-state index contributed by atoms with van der Waals surface area (Å²) in [6.07, 6.45) is 6.09. The van der Waals surface area contributed by atoms with E-state index in [9.17, 15) is 4.79 Å². The van der Waals surface area contributed by atoms with Crippen molar-refractivity contribution in [1.29, 1.82) is 0 Å². The molecule has 0 aliphatic carbocycles. The van der Waals surface area contributed by atoms with E-state index in [0.29, 0.717) is 12.3 Å². The average Bonchev–Trinajstić information content (AvgIpc) is 3.15. The van der Waals surface area contributed by atoms with E-state index in [0.717, 1.165) is 31.4 Å². The maximum Gasteiger partial charge on any atom is 0.240 e. The Labute approximate surface area is 166 Å². The van der Waals surface area contributed by atoms with Gasteiger partial charge in [0.25, 0.3) is 0 Å². The summed E-state index contributed by atoms with van der Waals surface area (Å²) >= 11 is 0. The van der Waals surface area contributed by atoms with E-state index >= 15 is 0 Å². The van der Waals surface area contributed by atoms with Crippen LogP contribution >= 0.6 is 0 Å². The highest BCUT2D eigenvalue weighted by atomic mass is 16.2. The number of benzene rings is 2. The summed E-state index contributed by atoms with van der Waals surface area (Å²) in [5.41, 5.74) is 3.69. The number of likely N-dealkylation sites (tertiary alicyclic amines) is 1. The molecule has 2 N–H and O–H groups in total. The maximum atomic E-state index is 13.2. The number of rotatable bonds is 6. The SMILES string of the molecule is CN[C@H](Cc1c[nH]c2ccccc12)C(=O)N1CCCC(Cc2ccccc2)C1. The van der Waals surface area contributed by atoms with Gasteiger partial charge in [0, 0.05) is 30.2 Å². The summed E-state index contributed by atoms with van der Waals surface area (Å²) in [4.78, 5) is 18.6. The lowest BCUT2D eigenvalue weighted by molar-refractivity contribution is -0.135. The van der Waals surface area contributed by atoms with Crippen molar-refractivity contribution >= 4 is 16.8 Å². The summed E-state index contributed by atoms with van der Waals surface area (Å²) in [6.45, 7) is 1.73. The number of H-pyrrole nitrogens is 1. The van der Waals surface area contributed by atoms with Crippen molar-refractivity contribution < 1.29 is 4.79 Å². The molecule has 2 heterocycles. The Balaban J connectivity index is 1.42. The molecule has 1 aliphatic rings. The second-order valence-electron chi connectivity index (χ2n) is 7.89. The lowest BCUT2D eigenvalue weighted by atomic mass is 9.90. The topological polar surface area (TPSA) is 48.1 Å². The molecule has 1 fully saturated rings. The number of carbonyl (C=O) groups excluding carboxylic acids is 1. The van der Waals surface area contributed by atoms with Crippen molar-refractivity contribution in [2.24, 2.45) is 5.92 Å². The number of para-hydroxylation sites is 1. The average molecular weight is 376 g/mol. The van der Waals surface area contributed by atoms with Gasteiger partial charge in [-0.25, -0.2) is 0 Å². The number of nitrogens with zero attached hydrogens (tertiary/aromatic N) is 1. The Hall–Kier alpha value is -2.59. The first-order valence-electron chi connectivity index (χ1n) is 10.3. The second-order valence-corrected chi connectivity index (χ2v) is 7.89. The number of amides is 1. The van der Waals surface area contributed by atoms with Crippen LogP contribution in [0.4, 0.5) is 0 Å². The van der Waals surface area contributed by atoms with Crippen molar-refractivity contribution in [3.8, 4) is 0 Å². The van der Waals surface area contributed by atoms with Gasteiger partial charge in [0.2, 0.25) is 5.91 Å². The second kappa shape index (κ2) is 8.61. The van der Waals surface area contributed by atoms with Gasteiger partial charge in [-0.3, -0.25) is 4.79 Å². The van der Waals surface area contributed by atoms with E-state index in [1.807, 2.05) is 19.3 Å². The van der Waals surface area contributed by atoms with Crippen molar-refractivity contribution in [3.63, 3.8) is 0 Å². The van der Waals surface area contributed by atoms with Crippen molar-refractivity contribution in [3.05, 3.63) is 71.9 Å². The Kier molecular flexibility index (Phi) is 5.77. The van der Waals surface area contributed by atoms with Crippen LogP contribution in [0.5, 0.6) is 0 Å². The van der Waals surface area contributed by atoms with Gasteiger partial charge in [-0.2, -0.15) is 0 Å². The third-order valence-corrected chi connectivity index (χ3v) is 5.94. The molecule has 4 rings (SSSR count). The monoisotopic (exact) mass is 375 g/mol. The summed E-state index contributed by atoms with van der Waals surface area (Å²) in [6, 6.07) is 18.7. The van der Waals surface area contributed by atoms with Gasteiger partial charge in [-0.15, -0.1) is 0 Å². The fourth-order valence-corrected chi connectivity index (χ4v) is 4.43. The van der Waals surface area contributed by atoms with Crippen LogP contribution in [0.25, 0.3) is 10.9 Å². The summed E-state index contributed by atoms with van der Waals surface area (Å²) in [7, 11) is 1.89. The number of aromatic nitrogens is 1. The molecule has 28 heavy (non-hydrogen) atoms. The summed E-state index contributed by atoms with van der Waals surface area (Å²) < 4.78 is 0. The molecule has 2 aromatic carbocycles. The Morgan fingerprint density at radius 3 is 2.79 bits per heavy atom. The lowest BCUT2D eigenvalue weighted by Crippen LogP contribution is -2.50. The zero-order valence-electron chi connectivity index (χ0n) is 16.5. The largest absolute Gasteiger partial charge is 0.361 e. The number of carbonyl (C=O) groups is 1. The number of nitrogens with one attached hydrogen (secondary N) is 2. The fraction of sp³-hybridized carbons (Fsp3) is 0.375. The first-order valence-corrected chi connectivity index (χ1v) is 10.3. The van der Waals surface area contributed by atoms with Gasteiger partial charge >= 0.3 is 0 Å². The molecule has 1 aromatic heterocycles. The van der Waals surface area contributed by atoms with E-state index in [1.54, 1.807) is 0 Å². The maximum absolute atomic E-state index is 13.2. The van der Waals surface area contributed by atoms with E-state index in [-0.39, 0.29) is 11.9 Å². The first kappa shape index (κ1) is 18.8. The molecule has 4 heteroatoms. The molecule has 1 aliphatic heterocycles. The quantitative estimate of drug-likeness (QED) is 0.689. The number of likely N-dealkylation sites (N-methyl/N-ethyl adjacent to an activating group) is 1. The molecule has 0 spiro atoms. The molecule has 146 valence electrons. The van der Waals surface area contributed by atoms with E-state index in [4.69, 9.17) is 0 Å². The Morgan fingerprint density at radius 1 is 1.18 bits per heavy atom. The molecule has 1 unspecified atom stereocenters. The van der Waals surface area contributed by atoms with Gasteiger partial charge < -0.3 is 15.2 Å². The van der Waals surface area contributed by atoms with Crippen LogP contribution in [-0.2, 0) is 17.6 Å². The van der Waals surface area contributed by atoms with Crippen molar-refractivity contribution in [2.45, 2.75) is 31.7 Å². The molecule has 1 saturated heterocycles. The van der Waals surface area contributed by atoms with Gasteiger partial charge in [0.1, 0.15) is 0 Å². The number of piperidine rings is 1. The van der Waals surface area contributed by atoms with Crippen LogP contribution in [0.3, 0.4) is 0 Å². The van der Waals surface area contributed by atoms with Crippen LogP contribution < -0.4 is 5.32 Å². The van der Waals surface area contributed by atoms with E-state index in [1.165, 1.54) is 22.9 Å². The zero-order valence-corrected chi connectivity index (χ0v) is 16.5. The molecule has 1 amide bonds. The van der Waals surface area contributed by atoms with E-state index < -0.39 is 0 Å². The Morgan fingerprint density at radius 2 is 1.96 bits per heavy atom. The summed E-state index contributed by atoms with van der Waals surface area (Å²) in [5.74, 6) is 0.774. The third kappa shape index (κ3) is 4.12. The van der Waals surface area contributed by atoms with Gasteiger partial charge in [-0.05, 0) is 55.8 Å². The van der Waals surface area contributed by atoms with Crippen LogP contribution in [0.15, 0.2) is 60.8 Å². The third-order valence-electron chi connectivity index (χ3n) is 5.94. The molecule has 2 atom stereocenters. The van der Waals surface area contributed by atoms with Crippen LogP contribution in [0.1, 0.15) is 24.0 Å². The predicted molar refractivity (Wildman–Crippen MR) is 114 cm³/mol. The van der Waals surface area contributed by atoms with Crippen molar-refractivity contribution in [1.82, 2.24) is 15.2 Å². The zero-order chi connectivity index (χ0) is 19.3. The standard InChI is InChI=1S/C24H29N3O/c1-25-23(15-20-16-26-22-12-6-5-11-21(20)22)24(28)27-13-7-10-19(17-27)14-18-8-3-2-4-9-18/h2-6,8-9,11-12,16,19,23,25-26H,7,10,13-15,17H2,1H3/t19?,23-/m1/s1.